The van der Waals surface area contributed by atoms with Crippen molar-refractivity contribution in [3.05, 3.63) is 41.0 Å². The average molecular weight is 441 g/mol. The van der Waals surface area contributed by atoms with Crippen LogP contribution in [-0.2, 0) is 11.2 Å². The van der Waals surface area contributed by atoms with Crippen LogP contribution in [-0.4, -0.2) is 64.4 Å². The lowest BCUT2D eigenvalue weighted by atomic mass is 9.85. The van der Waals surface area contributed by atoms with Crippen LogP contribution in [0.4, 0.5) is 4.79 Å². The molecular formula is C27H40N2O3. The smallest absolute Gasteiger partial charge is 0.410 e. The van der Waals surface area contributed by atoms with E-state index in [4.69, 9.17) is 4.74 Å². The zero-order valence-electron chi connectivity index (χ0n) is 20.1. The second-order valence-corrected chi connectivity index (χ2v) is 11.0. The maximum Gasteiger partial charge on any atom is 0.410 e. The van der Waals surface area contributed by atoms with E-state index in [2.05, 4.69) is 35.2 Å². The normalized spacial score (nSPS) is 22.4. The van der Waals surface area contributed by atoms with E-state index in [1.165, 1.54) is 50.8 Å². The van der Waals surface area contributed by atoms with Gasteiger partial charge in [0.25, 0.3) is 0 Å². The highest BCUT2D eigenvalue weighted by molar-refractivity contribution is 5.68. The van der Waals surface area contributed by atoms with Crippen LogP contribution >= 0.6 is 0 Å². The highest BCUT2D eigenvalue weighted by atomic mass is 16.6. The van der Waals surface area contributed by atoms with Gasteiger partial charge >= 0.3 is 6.09 Å². The molecule has 3 aliphatic rings. The van der Waals surface area contributed by atoms with E-state index in [9.17, 15) is 9.90 Å². The van der Waals surface area contributed by atoms with Gasteiger partial charge in [0.1, 0.15) is 5.60 Å². The van der Waals surface area contributed by atoms with E-state index < -0.39 is 11.2 Å². The largest absolute Gasteiger partial charge is 0.444 e. The van der Waals surface area contributed by atoms with Crippen molar-refractivity contribution < 1.29 is 14.6 Å². The number of ether oxygens (including phenoxy) is 1. The fraction of sp³-hybridized carbons (Fsp3) is 0.667. The van der Waals surface area contributed by atoms with Crippen LogP contribution in [0.5, 0.6) is 0 Å². The third kappa shape index (κ3) is 6.14. The molecule has 0 aromatic heterocycles. The molecule has 1 amide bonds. The lowest BCUT2D eigenvalue weighted by Crippen LogP contribution is -2.49. The third-order valence-electron chi connectivity index (χ3n) is 7.26. The van der Waals surface area contributed by atoms with Crippen molar-refractivity contribution in [1.29, 1.82) is 0 Å². The Morgan fingerprint density at radius 1 is 1.09 bits per heavy atom. The van der Waals surface area contributed by atoms with Crippen LogP contribution in [0.15, 0.2) is 29.8 Å². The molecule has 5 heteroatoms. The van der Waals surface area contributed by atoms with Crippen LogP contribution in [0, 0.1) is 0 Å². The van der Waals surface area contributed by atoms with Crippen LogP contribution < -0.4 is 0 Å². The number of rotatable bonds is 4. The Balaban J connectivity index is 1.26. The summed E-state index contributed by atoms with van der Waals surface area (Å²) >= 11 is 0. The van der Waals surface area contributed by atoms with Gasteiger partial charge in [0.2, 0.25) is 0 Å². The predicted octanol–water partition coefficient (Wildman–Crippen LogP) is 5.02. The van der Waals surface area contributed by atoms with Crippen molar-refractivity contribution in [1.82, 2.24) is 9.80 Å². The Morgan fingerprint density at radius 2 is 1.72 bits per heavy atom. The summed E-state index contributed by atoms with van der Waals surface area (Å²) in [7, 11) is 0. The molecule has 0 spiro atoms. The van der Waals surface area contributed by atoms with Gasteiger partial charge in [-0.2, -0.15) is 0 Å². The number of piperidine rings is 2. The molecule has 4 rings (SSSR count). The van der Waals surface area contributed by atoms with E-state index in [1.54, 1.807) is 10.5 Å². The number of carbonyl (C=O) groups is 1. The first kappa shape index (κ1) is 23.3. The number of hydrogen-bond acceptors (Lipinski definition) is 4. The summed E-state index contributed by atoms with van der Waals surface area (Å²) in [5, 5.41) is 11.1. The summed E-state index contributed by atoms with van der Waals surface area (Å²) in [6, 6.07) is 9.51. The van der Waals surface area contributed by atoms with E-state index in [-0.39, 0.29) is 6.09 Å². The standard InChI is InChI=1S/C27H40N2O3/c1-26(2,3)32-25(30)29-17-13-27(31,14-18-29)20-23-9-7-21(8-10-23)19-22-11-15-28(16-12-22)24-5-4-6-24/h7-10,19,24,31H,4-6,11-18,20H2,1-3H3. The molecule has 2 saturated heterocycles. The molecule has 5 nitrogen and oxygen atoms in total. The summed E-state index contributed by atoms with van der Waals surface area (Å²) < 4.78 is 5.46. The van der Waals surface area contributed by atoms with Gasteiger partial charge < -0.3 is 14.7 Å². The molecule has 3 fully saturated rings. The number of benzene rings is 1. The number of aliphatic hydroxyl groups is 1. The van der Waals surface area contributed by atoms with Crippen molar-refractivity contribution in [2.24, 2.45) is 0 Å². The molecule has 1 aliphatic carbocycles. The zero-order chi connectivity index (χ0) is 22.8. The van der Waals surface area contributed by atoms with Gasteiger partial charge in [-0.1, -0.05) is 42.3 Å². The van der Waals surface area contributed by atoms with Gasteiger partial charge in [-0.3, -0.25) is 4.90 Å². The molecule has 2 heterocycles. The van der Waals surface area contributed by atoms with Crippen molar-refractivity contribution >= 4 is 12.2 Å². The minimum Gasteiger partial charge on any atom is -0.444 e. The molecule has 0 bridgehead atoms. The zero-order valence-corrected chi connectivity index (χ0v) is 20.1. The summed E-state index contributed by atoms with van der Waals surface area (Å²) in [6.07, 6.45) is 10.4. The summed E-state index contributed by atoms with van der Waals surface area (Å²) in [6.45, 7) is 9.12. The Labute approximate surface area is 193 Å². The molecule has 0 radical (unpaired) electrons. The van der Waals surface area contributed by atoms with E-state index in [0.717, 1.165) is 11.6 Å². The first-order valence-electron chi connectivity index (χ1n) is 12.4. The van der Waals surface area contributed by atoms with Gasteiger partial charge in [0.15, 0.2) is 0 Å². The van der Waals surface area contributed by atoms with E-state index >= 15 is 0 Å². The summed E-state index contributed by atoms with van der Waals surface area (Å²) in [5.74, 6) is 0. The molecule has 32 heavy (non-hydrogen) atoms. The average Bonchev–Trinajstić information content (AvgIpc) is 2.69. The molecule has 1 aromatic rings. The number of likely N-dealkylation sites (tertiary alicyclic amines) is 2. The van der Waals surface area contributed by atoms with Crippen molar-refractivity contribution in [3.63, 3.8) is 0 Å². The summed E-state index contributed by atoms with van der Waals surface area (Å²) in [4.78, 5) is 16.7. The second-order valence-electron chi connectivity index (χ2n) is 11.0. The lowest BCUT2D eigenvalue weighted by Gasteiger charge is -2.40. The topological polar surface area (TPSA) is 53.0 Å². The van der Waals surface area contributed by atoms with Crippen LogP contribution in [0.2, 0.25) is 0 Å². The van der Waals surface area contributed by atoms with Gasteiger partial charge in [0, 0.05) is 38.6 Å². The molecule has 176 valence electrons. The molecule has 1 aromatic carbocycles. The monoisotopic (exact) mass is 440 g/mol. The maximum absolute atomic E-state index is 12.3. The SMILES string of the molecule is CC(C)(C)OC(=O)N1CCC(O)(Cc2ccc(C=C3CCN(C4CCC4)CC3)cc2)CC1. The summed E-state index contributed by atoms with van der Waals surface area (Å²) in [5.41, 5.74) is 2.72. The van der Waals surface area contributed by atoms with Crippen LogP contribution in [0.25, 0.3) is 6.08 Å². The van der Waals surface area contributed by atoms with Gasteiger partial charge in [0.05, 0.1) is 5.60 Å². The minimum absolute atomic E-state index is 0.282. The Bertz CT molecular complexity index is 802. The van der Waals surface area contributed by atoms with E-state index in [0.29, 0.717) is 32.4 Å². The highest BCUT2D eigenvalue weighted by Gasteiger charge is 2.35. The lowest BCUT2D eigenvalue weighted by molar-refractivity contribution is -0.0315. The Kier molecular flexibility index (Phi) is 6.97. The van der Waals surface area contributed by atoms with Crippen molar-refractivity contribution in [2.75, 3.05) is 26.2 Å². The van der Waals surface area contributed by atoms with Crippen molar-refractivity contribution in [3.8, 4) is 0 Å². The highest BCUT2D eigenvalue weighted by Crippen LogP contribution is 2.30. The van der Waals surface area contributed by atoms with Crippen LogP contribution in [0.1, 0.15) is 76.8 Å². The molecule has 1 saturated carbocycles. The van der Waals surface area contributed by atoms with E-state index in [1.807, 2.05) is 20.8 Å². The Morgan fingerprint density at radius 3 is 2.25 bits per heavy atom. The first-order chi connectivity index (χ1) is 15.2. The molecule has 2 aliphatic heterocycles. The Hall–Kier alpha value is -1.85. The first-order valence-corrected chi connectivity index (χ1v) is 12.4. The van der Waals surface area contributed by atoms with Gasteiger partial charge in [-0.05, 0) is 70.4 Å². The number of nitrogens with zero attached hydrogens (tertiary/aromatic N) is 2. The number of amides is 1. The fourth-order valence-electron chi connectivity index (χ4n) is 5.03. The molecule has 0 atom stereocenters. The molecule has 0 unspecified atom stereocenters. The second kappa shape index (κ2) is 9.56. The van der Waals surface area contributed by atoms with Crippen molar-refractivity contribution in [2.45, 2.75) is 89.4 Å². The number of hydrogen-bond donors (Lipinski definition) is 1. The number of carbonyl (C=O) groups excluding carboxylic acids is 1. The quantitative estimate of drug-likeness (QED) is 0.714. The minimum atomic E-state index is -0.757. The van der Waals surface area contributed by atoms with Crippen LogP contribution in [0.3, 0.4) is 0 Å². The fourth-order valence-corrected chi connectivity index (χ4v) is 5.03. The predicted molar refractivity (Wildman–Crippen MR) is 129 cm³/mol. The maximum atomic E-state index is 12.3. The van der Waals surface area contributed by atoms with Gasteiger partial charge in [-0.15, -0.1) is 0 Å². The third-order valence-corrected chi connectivity index (χ3v) is 7.26. The molecular weight excluding hydrogens is 400 g/mol. The molecule has 1 N–H and O–H groups in total. The van der Waals surface area contributed by atoms with Gasteiger partial charge in [-0.25, -0.2) is 4.79 Å².